The summed E-state index contributed by atoms with van der Waals surface area (Å²) in [5.74, 6) is -1.82. The molecule has 2 N–H and O–H groups in total. The third-order valence-electron chi connectivity index (χ3n) is 2.98. The minimum atomic E-state index is -0.969. The quantitative estimate of drug-likeness (QED) is 0.752. The van der Waals surface area contributed by atoms with Gasteiger partial charge in [0.15, 0.2) is 0 Å². The van der Waals surface area contributed by atoms with E-state index in [4.69, 9.17) is 5.11 Å². The number of halogens is 1. The van der Waals surface area contributed by atoms with Crippen molar-refractivity contribution < 1.29 is 23.9 Å². The topological polar surface area (TPSA) is 86.7 Å². The van der Waals surface area contributed by atoms with Crippen LogP contribution in [0.2, 0.25) is 0 Å². The van der Waals surface area contributed by atoms with Gasteiger partial charge in [0.05, 0.1) is 17.4 Å². The van der Waals surface area contributed by atoms with Gasteiger partial charge in [-0.15, -0.1) is 11.8 Å². The summed E-state index contributed by atoms with van der Waals surface area (Å²) in [6, 6.07) is 5.39. The van der Waals surface area contributed by atoms with Crippen LogP contribution in [0.15, 0.2) is 24.3 Å². The van der Waals surface area contributed by atoms with Crippen LogP contribution in [-0.2, 0) is 14.4 Å². The molecule has 0 fully saturated rings. The molecule has 1 unspecified atom stereocenters. The Hall–Kier alpha value is -2.09. The monoisotopic (exact) mass is 342 g/mol. The van der Waals surface area contributed by atoms with Gasteiger partial charge in [-0.25, -0.2) is 4.39 Å². The number of carboxylic acids is 1. The number of anilines is 1. The lowest BCUT2D eigenvalue weighted by atomic mass is 10.3. The number of carbonyl (C=O) groups excluding carboxylic acids is 2. The molecule has 0 spiro atoms. The second-order valence-corrected chi connectivity index (χ2v) is 6.24. The molecule has 0 saturated heterocycles. The van der Waals surface area contributed by atoms with E-state index in [2.05, 4.69) is 5.32 Å². The molecule has 2 amide bonds. The molecule has 6 nitrogen and oxygen atoms in total. The van der Waals surface area contributed by atoms with Crippen LogP contribution >= 0.6 is 11.8 Å². The highest BCUT2D eigenvalue weighted by atomic mass is 32.2. The molecule has 0 aliphatic heterocycles. The number of benzene rings is 1. The zero-order valence-corrected chi connectivity index (χ0v) is 13.7. The maximum Gasteiger partial charge on any atom is 0.305 e. The highest BCUT2D eigenvalue weighted by molar-refractivity contribution is 8.01. The van der Waals surface area contributed by atoms with E-state index in [1.54, 1.807) is 6.92 Å². The van der Waals surface area contributed by atoms with Gasteiger partial charge in [-0.3, -0.25) is 14.4 Å². The smallest absolute Gasteiger partial charge is 0.305 e. The molecule has 1 rings (SSSR count). The summed E-state index contributed by atoms with van der Waals surface area (Å²) < 4.78 is 12.8. The van der Waals surface area contributed by atoms with Crippen LogP contribution in [0.5, 0.6) is 0 Å². The molecule has 0 aromatic heterocycles. The highest BCUT2D eigenvalue weighted by Gasteiger charge is 2.19. The Balaban J connectivity index is 2.37. The molecular formula is C15H19FN2O4S. The van der Waals surface area contributed by atoms with Crippen LogP contribution in [0.3, 0.4) is 0 Å². The van der Waals surface area contributed by atoms with Crippen molar-refractivity contribution in [2.45, 2.75) is 18.6 Å². The van der Waals surface area contributed by atoms with E-state index >= 15 is 0 Å². The van der Waals surface area contributed by atoms with Gasteiger partial charge in [0.1, 0.15) is 5.82 Å². The molecular weight excluding hydrogens is 323 g/mol. The molecule has 0 heterocycles. The second kappa shape index (κ2) is 9.14. The third kappa shape index (κ3) is 7.14. The molecule has 0 aliphatic carbocycles. The van der Waals surface area contributed by atoms with Crippen molar-refractivity contribution in [3.8, 4) is 0 Å². The summed E-state index contributed by atoms with van der Waals surface area (Å²) in [7, 11) is 1.53. The fourth-order valence-electron chi connectivity index (χ4n) is 1.69. The Morgan fingerprint density at radius 3 is 2.48 bits per heavy atom. The minimum Gasteiger partial charge on any atom is -0.481 e. The van der Waals surface area contributed by atoms with Crippen molar-refractivity contribution in [2.24, 2.45) is 0 Å². The van der Waals surface area contributed by atoms with E-state index in [0.717, 1.165) is 11.8 Å². The third-order valence-corrected chi connectivity index (χ3v) is 4.11. The molecule has 0 bridgehead atoms. The van der Waals surface area contributed by atoms with E-state index < -0.39 is 11.2 Å². The van der Waals surface area contributed by atoms with Crippen molar-refractivity contribution in [2.75, 3.05) is 24.7 Å². The molecule has 126 valence electrons. The predicted octanol–water partition coefficient (Wildman–Crippen LogP) is 1.82. The lowest BCUT2D eigenvalue weighted by molar-refractivity contribution is -0.138. The number of hydrogen-bond acceptors (Lipinski definition) is 4. The lowest BCUT2D eigenvalue weighted by Crippen LogP contribution is -2.35. The average molecular weight is 342 g/mol. The maximum atomic E-state index is 12.8. The molecule has 0 saturated carbocycles. The number of thioether (sulfide) groups is 1. The van der Waals surface area contributed by atoms with Crippen LogP contribution < -0.4 is 5.32 Å². The first kappa shape index (κ1) is 19.0. The number of amides is 2. The van der Waals surface area contributed by atoms with Gasteiger partial charge < -0.3 is 15.3 Å². The highest BCUT2D eigenvalue weighted by Crippen LogP contribution is 2.14. The molecule has 8 heteroatoms. The van der Waals surface area contributed by atoms with Gasteiger partial charge in [0.2, 0.25) is 11.8 Å². The molecule has 0 aliphatic rings. The van der Waals surface area contributed by atoms with Crippen LogP contribution in [0.4, 0.5) is 10.1 Å². The summed E-state index contributed by atoms with van der Waals surface area (Å²) in [6.45, 7) is 1.79. The van der Waals surface area contributed by atoms with Gasteiger partial charge in [0, 0.05) is 19.3 Å². The average Bonchev–Trinajstić information content (AvgIpc) is 2.51. The van der Waals surface area contributed by atoms with Gasteiger partial charge in [-0.1, -0.05) is 0 Å². The zero-order valence-electron chi connectivity index (χ0n) is 12.9. The van der Waals surface area contributed by atoms with E-state index in [0.29, 0.717) is 5.69 Å². The largest absolute Gasteiger partial charge is 0.481 e. The summed E-state index contributed by atoms with van der Waals surface area (Å²) in [4.78, 5) is 35.6. The normalized spacial score (nSPS) is 11.6. The fourth-order valence-corrected chi connectivity index (χ4v) is 2.48. The number of carbonyl (C=O) groups is 3. The Morgan fingerprint density at radius 2 is 1.91 bits per heavy atom. The Morgan fingerprint density at radius 1 is 1.30 bits per heavy atom. The summed E-state index contributed by atoms with van der Waals surface area (Å²) >= 11 is 1.15. The first-order chi connectivity index (χ1) is 10.8. The molecule has 1 aromatic carbocycles. The molecule has 1 atom stereocenters. The SMILES string of the molecule is CC(SCC(=O)Nc1ccc(F)cc1)C(=O)N(C)CCC(=O)O. The van der Waals surface area contributed by atoms with Crippen LogP contribution in [0, 0.1) is 5.82 Å². The first-order valence-corrected chi connectivity index (χ1v) is 7.98. The minimum absolute atomic E-state index is 0.0665. The van der Waals surface area contributed by atoms with Gasteiger partial charge in [0.25, 0.3) is 0 Å². The van der Waals surface area contributed by atoms with Crippen molar-refractivity contribution in [1.29, 1.82) is 0 Å². The number of carboxylic acid groups (broad SMARTS) is 1. The molecule has 0 radical (unpaired) electrons. The summed E-state index contributed by atoms with van der Waals surface area (Å²) in [5, 5.41) is 10.7. The molecule has 1 aromatic rings. The summed E-state index contributed by atoms with van der Waals surface area (Å²) in [6.07, 6.45) is -0.120. The Labute approximate surface area is 138 Å². The molecule has 23 heavy (non-hydrogen) atoms. The van der Waals surface area contributed by atoms with Gasteiger partial charge >= 0.3 is 5.97 Å². The predicted molar refractivity (Wildman–Crippen MR) is 86.8 cm³/mol. The fraction of sp³-hybridized carbons (Fsp3) is 0.400. The number of nitrogens with one attached hydrogen (secondary N) is 1. The van der Waals surface area contributed by atoms with Gasteiger partial charge in [-0.2, -0.15) is 0 Å². The van der Waals surface area contributed by atoms with Gasteiger partial charge in [-0.05, 0) is 31.2 Å². The van der Waals surface area contributed by atoms with Crippen molar-refractivity contribution in [3.63, 3.8) is 0 Å². The number of hydrogen-bond donors (Lipinski definition) is 2. The van der Waals surface area contributed by atoms with Crippen molar-refractivity contribution in [3.05, 3.63) is 30.1 Å². The Bertz CT molecular complexity index is 565. The van der Waals surface area contributed by atoms with E-state index in [-0.39, 0.29) is 36.4 Å². The van der Waals surface area contributed by atoms with Crippen LogP contribution in [0.25, 0.3) is 0 Å². The van der Waals surface area contributed by atoms with Crippen LogP contribution in [-0.4, -0.2) is 52.4 Å². The number of nitrogens with zero attached hydrogens (tertiary/aromatic N) is 1. The van der Waals surface area contributed by atoms with Crippen molar-refractivity contribution >= 4 is 35.2 Å². The number of aliphatic carboxylic acids is 1. The van der Waals surface area contributed by atoms with Crippen LogP contribution in [0.1, 0.15) is 13.3 Å². The van der Waals surface area contributed by atoms with E-state index in [1.165, 1.54) is 36.2 Å². The standard InChI is InChI=1S/C15H19FN2O4S/c1-10(15(22)18(2)8-7-14(20)21)23-9-13(19)17-12-5-3-11(16)4-6-12/h3-6,10H,7-9H2,1-2H3,(H,17,19)(H,20,21). The first-order valence-electron chi connectivity index (χ1n) is 6.93. The Kier molecular flexibility index (Phi) is 7.53. The van der Waals surface area contributed by atoms with E-state index in [1.807, 2.05) is 0 Å². The number of rotatable bonds is 8. The summed E-state index contributed by atoms with van der Waals surface area (Å²) in [5.41, 5.74) is 0.481. The van der Waals surface area contributed by atoms with E-state index in [9.17, 15) is 18.8 Å². The maximum absolute atomic E-state index is 12.8. The zero-order chi connectivity index (χ0) is 17.4. The van der Waals surface area contributed by atoms with Crippen molar-refractivity contribution in [1.82, 2.24) is 4.90 Å². The lowest BCUT2D eigenvalue weighted by Gasteiger charge is -2.20. The second-order valence-electron chi connectivity index (χ2n) is 4.91.